The lowest BCUT2D eigenvalue weighted by atomic mass is 10.1. The molecule has 0 radical (unpaired) electrons. The van der Waals surface area contributed by atoms with Crippen LogP contribution in [-0.4, -0.2) is 37.0 Å². The van der Waals surface area contributed by atoms with Crippen LogP contribution >= 0.6 is 0 Å². The number of aliphatic hydroxyl groups excluding tert-OH is 1. The molecule has 0 bridgehead atoms. The van der Waals surface area contributed by atoms with Gasteiger partial charge in [-0.2, -0.15) is 0 Å². The van der Waals surface area contributed by atoms with Crippen LogP contribution in [0.25, 0.3) is 0 Å². The number of carbonyl (C=O) groups excluding carboxylic acids is 1. The molecular formula is C51H82O4. The molecule has 0 aromatic rings. The van der Waals surface area contributed by atoms with Crippen molar-refractivity contribution in [2.45, 2.75) is 174 Å². The Balaban J connectivity index is 3.58. The molecule has 1 N–H and O–H groups in total. The zero-order valence-electron chi connectivity index (χ0n) is 35.4. The fourth-order valence-electron chi connectivity index (χ4n) is 5.56. The van der Waals surface area contributed by atoms with Gasteiger partial charge in [-0.25, -0.2) is 0 Å². The first-order chi connectivity index (χ1) is 27.2. The van der Waals surface area contributed by atoms with Crippen LogP contribution in [0.3, 0.4) is 0 Å². The maximum Gasteiger partial charge on any atom is 0.306 e. The van der Waals surface area contributed by atoms with Gasteiger partial charge in [-0.3, -0.25) is 4.79 Å². The number of unbranched alkanes of at least 4 members (excludes halogenated alkanes) is 11. The molecule has 0 fully saturated rings. The van der Waals surface area contributed by atoms with E-state index >= 15 is 0 Å². The molecule has 4 nitrogen and oxygen atoms in total. The summed E-state index contributed by atoms with van der Waals surface area (Å²) in [5.74, 6) is -0.228. The largest absolute Gasteiger partial charge is 0.457 e. The Kier molecular flexibility index (Phi) is 44.2. The number of allylic oxidation sites excluding steroid dienone is 20. The summed E-state index contributed by atoms with van der Waals surface area (Å²) in [4.78, 5) is 12.2. The van der Waals surface area contributed by atoms with Crippen LogP contribution in [0.15, 0.2) is 122 Å². The van der Waals surface area contributed by atoms with E-state index in [1.165, 1.54) is 38.5 Å². The first-order valence-electron chi connectivity index (χ1n) is 22.1. The van der Waals surface area contributed by atoms with Gasteiger partial charge in [-0.15, -0.1) is 0 Å². The molecule has 0 aromatic carbocycles. The van der Waals surface area contributed by atoms with E-state index in [4.69, 9.17) is 9.47 Å². The maximum atomic E-state index is 12.2. The lowest BCUT2D eigenvalue weighted by molar-refractivity contribution is -0.154. The highest BCUT2D eigenvalue weighted by atomic mass is 16.6. The number of hydrogen-bond donors (Lipinski definition) is 1. The average Bonchev–Trinajstić information content (AvgIpc) is 3.19. The van der Waals surface area contributed by atoms with Crippen molar-refractivity contribution in [2.75, 3.05) is 19.8 Å². The van der Waals surface area contributed by atoms with Crippen molar-refractivity contribution >= 4 is 5.97 Å². The van der Waals surface area contributed by atoms with Gasteiger partial charge in [0.05, 0.1) is 13.2 Å². The predicted octanol–water partition coefficient (Wildman–Crippen LogP) is 14.9. The molecule has 0 saturated heterocycles. The van der Waals surface area contributed by atoms with Gasteiger partial charge in [0.25, 0.3) is 0 Å². The Morgan fingerprint density at radius 3 is 1.15 bits per heavy atom. The molecule has 0 rings (SSSR count). The van der Waals surface area contributed by atoms with Gasteiger partial charge < -0.3 is 14.6 Å². The molecule has 0 saturated carbocycles. The third-order valence-corrected chi connectivity index (χ3v) is 8.78. The van der Waals surface area contributed by atoms with Crippen molar-refractivity contribution in [3.05, 3.63) is 122 Å². The van der Waals surface area contributed by atoms with Crippen LogP contribution in [0, 0.1) is 0 Å². The molecule has 0 amide bonds. The van der Waals surface area contributed by atoms with Crippen molar-refractivity contribution in [1.82, 2.24) is 0 Å². The van der Waals surface area contributed by atoms with E-state index in [1.807, 2.05) is 0 Å². The molecule has 0 spiro atoms. The topological polar surface area (TPSA) is 55.8 Å². The highest BCUT2D eigenvalue weighted by Crippen LogP contribution is 2.11. The smallest absolute Gasteiger partial charge is 0.306 e. The fourth-order valence-corrected chi connectivity index (χ4v) is 5.56. The molecular weight excluding hydrogens is 677 g/mol. The van der Waals surface area contributed by atoms with Crippen molar-refractivity contribution in [2.24, 2.45) is 0 Å². The molecule has 0 heterocycles. The van der Waals surface area contributed by atoms with E-state index in [0.717, 1.165) is 109 Å². The molecule has 0 aliphatic rings. The number of esters is 1. The number of carbonyl (C=O) groups is 1. The van der Waals surface area contributed by atoms with Gasteiger partial charge in [-0.1, -0.05) is 180 Å². The van der Waals surface area contributed by atoms with Crippen LogP contribution in [0.2, 0.25) is 0 Å². The zero-order chi connectivity index (χ0) is 39.8. The minimum Gasteiger partial charge on any atom is -0.457 e. The van der Waals surface area contributed by atoms with E-state index in [1.54, 1.807) is 0 Å². The molecule has 310 valence electrons. The van der Waals surface area contributed by atoms with Gasteiger partial charge in [0.1, 0.15) is 6.10 Å². The highest BCUT2D eigenvalue weighted by molar-refractivity contribution is 5.69. The number of aliphatic hydroxyl groups is 1. The second kappa shape index (κ2) is 46.9. The van der Waals surface area contributed by atoms with Crippen LogP contribution < -0.4 is 0 Å². The van der Waals surface area contributed by atoms with Crippen LogP contribution in [0.4, 0.5) is 0 Å². The molecule has 0 aromatic heterocycles. The summed E-state index contributed by atoms with van der Waals surface area (Å²) in [5, 5.41) is 9.62. The Bertz CT molecular complexity index is 1110. The Morgan fingerprint density at radius 2 is 0.764 bits per heavy atom. The average molecular weight is 759 g/mol. The molecule has 0 aliphatic heterocycles. The summed E-state index contributed by atoms with van der Waals surface area (Å²) in [6.45, 7) is 5.04. The quantitative estimate of drug-likeness (QED) is 0.0385. The maximum absolute atomic E-state index is 12.2. The summed E-state index contributed by atoms with van der Waals surface area (Å²) in [6.07, 6.45) is 69.7. The Morgan fingerprint density at radius 1 is 0.436 bits per heavy atom. The Hall–Kier alpha value is -3.21. The van der Waals surface area contributed by atoms with Crippen molar-refractivity contribution in [3.63, 3.8) is 0 Å². The minimum absolute atomic E-state index is 0.195. The second-order valence-corrected chi connectivity index (χ2v) is 14.0. The van der Waals surface area contributed by atoms with Gasteiger partial charge in [0.2, 0.25) is 0 Å². The van der Waals surface area contributed by atoms with Gasteiger partial charge in [0.15, 0.2) is 0 Å². The summed E-state index contributed by atoms with van der Waals surface area (Å²) < 4.78 is 11.1. The van der Waals surface area contributed by atoms with Gasteiger partial charge in [0, 0.05) is 13.0 Å². The predicted molar refractivity (Wildman–Crippen MR) is 241 cm³/mol. The van der Waals surface area contributed by atoms with Crippen LogP contribution in [-0.2, 0) is 14.3 Å². The lowest BCUT2D eigenvalue weighted by Crippen LogP contribution is -2.27. The number of ether oxygens (including phenoxy) is 2. The van der Waals surface area contributed by atoms with Crippen LogP contribution in [0.5, 0.6) is 0 Å². The summed E-state index contributed by atoms with van der Waals surface area (Å²) in [7, 11) is 0. The van der Waals surface area contributed by atoms with Crippen LogP contribution in [0.1, 0.15) is 168 Å². The highest BCUT2D eigenvalue weighted by Gasteiger charge is 2.13. The van der Waals surface area contributed by atoms with Crippen molar-refractivity contribution in [3.8, 4) is 0 Å². The number of hydrogen-bond acceptors (Lipinski definition) is 4. The van der Waals surface area contributed by atoms with E-state index in [9.17, 15) is 9.90 Å². The third kappa shape index (κ3) is 45.1. The van der Waals surface area contributed by atoms with E-state index in [-0.39, 0.29) is 19.2 Å². The fraction of sp³-hybridized carbons (Fsp3) is 0.588. The van der Waals surface area contributed by atoms with Crippen molar-refractivity contribution in [1.29, 1.82) is 0 Å². The van der Waals surface area contributed by atoms with Gasteiger partial charge in [-0.05, 0) is 103 Å². The summed E-state index contributed by atoms with van der Waals surface area (Å²) in [6, 6.07) is 0. The van der Waals surface area contributed by atoms with E-state index in [0.29, 0.717) is 13.0 Å². The molecule has 4 heteroatoms. The first kappa shape index (κ1) is 51.8. The summed E-state index contributed by atoms with van der Waals surface area (Å²) in [5.41, 5.74) is 0. The minimum atomic E-state index is -0.563. The standard InChI is InChI=1S/C51H82O4/c1-3-5-7-9-11-13-15-17-19-21-23-24-25-26-27-29-31-33-35-37-39-41-43-45-47-54-49-50(48-52)55-51(53)46-44-42-40-38-36-34-32-30-28-22-20-18-16-14-12-10-8-6-4-2/h5-8,11-14,17-20,23-24,26-28,30-31,33,50,52H,3-4,9-10,15-16,21-22,25,29,32,34-49H2,1-2H3/b7-5-,8-6-,13-11-,14-12-,19-17-,20-18-,24-23-,27-26-,30-28-,33-31-. The Labute approximate surface area is 339 Å². The normalized spacial score (nSPS) is 13.6. The number of rotatable bonds is 39. The third-order valence-electron chi connectivity index (χ3n) is 8.78. The summed E-state index contributed by atoms with van der Waals surface area (Å²) >= 11 is 0. The lowest BCUT2D eigenvalue weighted by Gasteiger charge is -2.15. The van der Waals surface area contributed by atoms with Gasteiger partial charge >= 0.3 is 5.97 Å². The van der Waals surface area contributed by atoms with E-state index in [2.05, 4.69) is 135 Å². The molecule has 0 aliphatic carbocycles. The first-order valence-corrected chi connectivity index (χ1v) is 22.1. The van der Waals surface area contributed by atoms with Crippen molar-refractivity contribution < 1.29 is 19.4 Å². The SMILES string of the molecule is CC/C=C\C/C=C\C/C=C\C/C=C\C/C=C\C/C=C\CCCCCCCOCC(CO)OC(=O)CCCCCCCC/C=C\C/C=C\C/C=C\C/C=C\CC. The second-order valence-electron chi connectivity index (χ2n) is 14.0. The monoisotopic (exact) mass is 759 g/mol. The molecule has 55 heavy (non-hydrogen) atoms. The molecule has 1 unspecified atom stereocenters. The van der Waals surface area contributed by atoms with E-state index < -0.39 is 6.10 Å². The zero-order valence-corrected chi connectivity index (χ0v) is 35.4. The molecule has 1 atom stereocenters.